The van der Waals surface area contributed by atoms with Crippen LogP contribution in [-0.2, 0) is 15.9 Å². The molecule has 1 N–H and O–H groups in total. The number of fused-ring (bicyclic) bond motifs is 1. The van der Waals surface area contributed by atoms with Crippen molar-refractivity contribution in [1.82, 2.24) is 0 Å². The van der Waals surface area contributed by atoms with E-state index in [2.05, 4.69) is 0 Å². The second-order valence-corrected chi connectivity index (χ2v) is 5.71. The molecule has 4 nitrogen and oxygen atoms in total. The standard InChI is InChI=1S/C14H18O4/c1-13(2)16-8-14(3,18-13)12-6-9-4-5-10(15)7-11(9)17-12/h4-5,7,12,15H,6,8H2,1-3H3/t12-,14+/m0/s1. The predicted octanol–water partition coefficient (Wildman–Crippen LogP) is 2.24. The van der Waals surface area contributed by atoms with Gasteiger partial charge in [0.05, 0.1) is 6.61 Å². The van der Waals surface area contributed by atoms with Gasteiger partial charge in [0.2, 0.25) is 0 Å². The van der Waals surface area contributed by atoms with Gasteiger partial charge in [-0.1, -0.05) is 6.07 Å². The molecular formula is C14H18O4. The first-order chi connectivity index (χ1) is 8.38. The maximum Gasteiger partial charge on any atom is 0.163 e. The third-order valence-corrected chi connectivity index (χ3v) is 3.59. The first kappa shape index (κ1) is 11.8. The van der Waals surface area contributed by atoms with Gasteiger partial charge in [0.1, 0.15) is 23.2 Å². The number of ether oxygens (including phenoxy) is 3. The molecule has 0 bridgehead atoms. The Kier molecular flexibility index (Phi) is 2.37. The SMILES string of the molecule is CC1(C)OC[C@](C)([C@@H]2Cc3ccc(O)cc3O2)O1. The summed E-state index contributed by atoms with van der Waals surface area (Å²) in [4.78, 5) is 0. The highest BCUT2D eigenvalue weighted by Gasteiger charge is 2.50. The predicted molar refractivity (Wildman–Crippen MR) is 65.7 cm³/mol. The third-order valence-electron chi connectivity index (χ3n) is 3.59. The molecule has 0 aromatic heterocycles. The number of hydrogen-bond acceptors (Lipinski definition) is 4. The second kappa shape index (κ2) is 3.62. The van der Waals surface area contributed by atoms with Gasteiger partial charge in [0.25, 0.3) is 0 Å². The number of phenols is 1. The summed E-state index contributed by atoms with van der Waals surface area (Å²) < 4.78 is 17.5. The van der Waals surface area contributed by atoms with Gasteiger partial charge in [-0.05, 0) is 32.4 Å². The van der Waals surface area contributed by atoms with E-state index < -0.39 is 11.4 Å². The van der Waals surface area contributed by atoms with Crippen molar-refractivity contribution in [1.29, 1.82) is 0 Å². The van der Waals surface area contributed by atoms with Gasteiger partial charge >= 0.3 is 0 Å². The van der Waals surface area contributed by atoms with Gasteiger partial charge in [-0.2, -0.15) is 0 Å². The molecule has 2 aliphatic rings. The molecule has 1 aromatic rings. The van der Waals surface area contributed by atoms with Gasteiger partial charge in [-0.25, -0.2) is 0 Å². The zero-order chi connectivity index (χ0) is 13.0. The molecule has 3 rings (SSSR count). The van der Waals surface area contributed by atoms with E-state index in [0.717, 1.165) is 17.7 Å². The zero-order valence-corrected chi connectivity index (χ0v) is 10.9. The molecule has 0 unspecified atom stereocenters. The smallest absolute Gasteiger partial charge is 0.163 e. The van der Waals surface area contributed by atoms with Crippen molar-refractivity contribution >= 4 is 0 Å². The molecule has 4 heteroatoms. The Morgan fingerprint density at radius 3 is 2.72 bits per heavy atom. The summed E-state index contributed by atoms with van der Waals surface area (Å²) in [5.74, 6) is 0.410. The molecule has 18 heavy (non-hydrogen) atoms. The van der Waals surface area contributed by atoms with Crippen LogP contribution in [0.3, 0.4) is 0 Å². The van der Waals surface area contributed by atoms with E-state index in [0.29, 0.717) is 6.61 Å². The van der Waals surface area contributed by atoms with Crippen LogP contribution in [0.15, 0.2) is 18.2 Å². The minimum absolute atomic E-state index is 0.0731. The molecule has 2 heterocycles. The van der Waals surface area contributed by atoms with Crippen molar-refractivity contribution in [2.45, 2.75) is 44.7 Å². The van der Waals surface area contributed by atoms with Crippen LogP contribution in [0.4, 0.5) is 0 Å². The molecule has 2 atom stereocenters. The molecule has 0 spiro atoms. The highest BCUT2D eigenvalue weighted by molar-refractivity contribution is 5.43. The molecule has 98 valence electrons. The highest BCUT2D eigenvalue weighted by Crippen LogP contribution is 2.41. The largest absolute Gasteiger partial charge is 0.508 e. The van der Waals surface area contributed by atoms with E-state index in [-0.39, 0.29) is 11.9 Å². The number of aromatic hydroxyl groups is 1. The minimum atomic E-state index is -0.560. The lowest BCUT2D eigenvalue weighted by Crippen LogP contribution is -2.45. The van der Waals surface area contributed by atoms with Crippen LogP contribution in [0.25, 0.3) is 0 Å². The Morgan fingerprint density at radius 1 is 1.28 bits per heavy atom. The second-order valence-electron chi connectivity index (χ2n) is 5.71. The van der Waals surface area contributed by atoms with Crippen LogP contribution in [0.2, 0.25) is 0 Å². The van der Waals surface area contributed by atoms with Gasteiger partial charge < -0.3 is 19.3 Å². The Morgan fingerprint density at radius 2 is 2.06 bits per heavy atom. The van der Waals surface area contributed by atoms with Crippen LogP contribution in [0.1, 0.15) is 26.3 Å². The maximum absolute atomic E-state index is 9.46. The Balaban J connectivity index is 1.82. The number of hydrogen-bond donors (Lipinski definition) is 1. The van der Waals surface area contributed by atoms with E-state index in [1.54, 1.807) is 12.1 Å². The van der Waals surface area contributed by atoms with Crippen molar-refractivity contribution in [3.05, 3.63) is 23.8 Å². The average Bonchev–Trinajstić information content (AvgIpc) is 2.80. The summed E-state index contributed by atoms with van der Waals surface area (Å²) in [5.41, 5.74) is 0.658. The molecule has 1 fully saturated rings. The maximum atomic E-state index is 9.46. The lowest BCUT2D eigenvalue weighted by Gasteiger charge is -2.30. The fourth-order valence-electron chi connectivity index (χ4n) is 2.65. The first-order valence-corrected chi connectivity index (χ1v) is 6.21. The molecule has 0 amide bonds. The number of benzene rings is 1. The summed E-state index contributed by atoms with van der Waals surface area (Å²) >= 11 is 0. The molecule has 0 radical (unpaired) electrons. The summed E-state index contributed by atoms with van der Waals surface area (Å²) in [6.07, 6.45) is 0.710. The fourth-order valence-corrected chi connectivity index (χ4v) is 2.65. The molecule has 1 saturated heterocycles. The van der Waals surface area contributed by atoms with Crippen molar-refractivity contribution in [2.24, 2.45) is 0 Å². The van der Waals surface area contributed by atoms with Gasteiger partial charge in [0, 0.05) is 12.5 Å². The van der Waals surface area contributed by atoms with E-state index in [1.807, 2.05) is 26.8 Å². The van der Waals surface area contributed by atoms with E-state index >= 15 is 0 Å². The molecule has 0 aliphatic carbocycles. The van der Waals surface area contributed by atoms with Crippen molar-refractivity contribution < 1.29 is 19.3 Å². The van der Waals surface area contributed by atoms with Gasteiger partial charge in [-0.15, -0.1) is 0 Å². The monoisotopic (exact) mass is 250 g/mol. The minimum Gasteiger partial charge on any atom is -0.508 e. The lowest BCUT2D eigenvalue weighted by molar-refractivity contribution is -0.173. The summed E-state index contributed by atoms with van der Waals surface area (Å²) in [7, 11) is 0. The van der Waals surface area contributed by atoms with Crippen LogP contribution in [0.5, 0.6) is 11.5 Å². The number of phenolic OH excluding ortho intramolecular Hbond substituents is 1. The van der Waals surface area contributed by atoms with Crippen molar-refractivity contribution in [3.8, 4) is 11.5 Å². The van der Waals surface area contributed by atoms with Crippen LogP contribution < -0.4 is 4.74 Å². The van der Waals surface area contributed by atoms with Crippen molar-refractivity contribution in [2.75, 3.05) is 6.61 Å². The first-order valence-electron chi connectivity index (χ1n) is 6.21. The molecular weight excluding hydrogens is 232 g/mol. The van der Waals surface area contributed by atoms with E-state index in [9.17, 15) is 5.11 Å². The normalized spacial score (nSPS) is 33.2. The van der Waals surface area contributed by atoms with Gasteiger partial charge in [-0.3, -0.25) is 0 Å². The average molecular weight is 250 g/mol. The quantitative estimate of drug-likeness (QED) is 0.830. The number of rotatable bonds is 1. The molecule has 1 aromatic carbocycles. The van der Waals surface area contributed by atoms with Gasteiger partial charge in [0.15, 0.2) is 5.79 Å². The summed E-state index contributed by atoms with van der Waals surface area (Å²) in [5, 5.41) is 9.46. The van der Waals surface area contributed by atoms with Crippen LogP contribution in [-0.4, -0.2) is 29.2 Å². The molecule has 0 saturated carbocycles. The topological polar surface area (TPSA) is 47.9 Å². The fraction of sp³-hybridized carbons (Fsp3) is 0.571. The third kappa shape index (κ3) is 1.85. The summed E-state index contributed by atoms with van der Waals surface area (Å²) in [6.45, 7) is 6.35. The molecule has 2 aliphatic heterocycles. The van der Waals surface area contributed by atoms with Crippen LogP contribution >= 0.6 is 0 Å². The highest BCUT2D eigenvalue weighted by atomic mass is 16.8. The Labute approximate surface area is 106 Å². The lowest BCUT2D eigenvalue weighted by atomic mass is 9.96. The van der Waals surface area contributed by atoms with E-state index in [1.165, 1.54) is 0 Å². The van der Waals surface area contributed by atoms with Crippen LogP contribution in [0, 0.1) is 0 Å². The van der Waals surface area contributed by atoms with E-state index in [4.69, 9.17) is 14.2 Å². The Bertz CT molecular complexity index is 483. The summed E-state index contributed by atoms with van der Waals surface area (Å²) in [6, 6.07) is 5.23. The zero-order valence-electron chi connectivity index (χ0n) is 10.9. The van der Waals surface area contributed by atoms with Crippen molar-refractivity contribution in [3.63, 3.8) is 0 Å². The Hall–Kier alpha value is -1.26.